The van der Waals surface area contributed by atoms with Gasteiger partial charge in [0.25, 0.3) is 11.6 Å². The molecule has 1 N–H and O–H groups in total. The summed E-state index contributed by atoms with van der Waals surface area (Å²) in [5.74, 6) is -0.304. The maximum Gasteiger partial charge on any atom is 0.283 e. The third-order valence-electron chi connectivity index (χ3n) is 4.44. The maximum atomic E-state index is 12.7. The fraction of sp³-hybridized carbons (Fsp3) is 0.278. The van der Waals surface area contributed by atoms with Gasteiger partial charge in [-0.15, -0.1) is 0 Å². The molecule has 1 aliphatic rings. The fourth-order valence-corrected chi connectivity index (χ4v) is 3.26. The second-order valence-corrected chi connectivity index (χ2v) is 6.56. The van der Waals surface area contributed by atoms with Gasteiger partial charge < -0.3 is 9.80 Å². The van der Waals surface area contributed by atoms with Crippen LogP contribution in [0.15, 0.2) is 48.5 Å². The summed E-state index contributed by atoms with van der Waals surface area (Å²) in [6, 6.07) is 14.4. The van der Waals surface area contributed by atoms with Gasteiger partial charge in [-0.2, -0.15) is 0 Å². The van der Waals surface area contributed by atoms with E-state index in [2.05, 4.69) is 12.1 Å². The van der Waals surface area contributed by atoms with E-state index in [-0.39, 0.29) is 22.2 Å². The van der Waals surface area contributed by atoms with Crippen molar-refractivity contribution in [1.29, 1.82) is 0 Å². The number of quaternary nitrogens is 1. The van der Waals surface area contributed by atoms with Gasteiger partial charge in [0.05, 0.1) is 31.1 Å². The molecular weight excluding hydrogens is 342 g/mol. The van der Waals surface area contributed by atoms with E-state index >= 15 is 0 Å². The van der Waals surface area contributed by atoms with Crippen LogP contribution >= 0.6 is 11.6 Å². The highest BCUT2D eigenvalue weighted by Crippen LogP contribution is 2.24. The topological polar surface area (TPSA) is 67.9 Å². The highest BCUT2D eigenvalue weighted by molar-refractivity contribution is 6.31. The Kier molecular flexibility index (Phi) is 5.31. The van der Waals surface area contributed by atoms with Crippen LogP contribution in [0.25, 0.3) is 0 Å². The Labute approximate surface area is 150 Å². The van der Waals surface area contributed by atoms with Crippen molar-refractivity contribution in [1.82, 2.24) is 4.90 Å². The van der Waals surface area contributed by atoms with Crippen LogP contribution in [0.5, 0.6) is 0 Å². The molecule has 3 rings (SSSR count). The van der Waals surface area contributed by atoms with E-state index in [0.29, 0.717) is 13.1 Å². The van der Waals surface area contributed by atoms with E-state index < -0.39 is 4.92 Å². The van der Waals surface area contributed by atoms with Crippen molar-refractivity contribution in [2.75, 3.05) is 26.2 Å². The van der Waals surface area contributed by atoms with Gasteiger partial charge in [0.1, 0.15) is 12.1 Å². The van der Waals surface area contributed by atoms with Crippen molar-refractivity contribution in [2.24, 2.45) is 0 Å². The molecule has 7 heteroatoms. The molecule has 0 bridgehead atoms. The van der Waals surface area contributed by atoms with E-state index in [9.17, 15) is 14.9 Å². The lowest BCUT2D eigenvalue weighted by Crippen LogP contribution is -3.13. The molecule has 1 heterocycles. The van der Waals surface area contributed by atoms with Gasteiger partial charge >= 0.3 is 0 Å². The number of amides is 1. The highest BCUT2D eigenvalue weighted by Gasteiger charge is 2.29. The monoisotopic (exact) mass is 360 g/mol. The Morgan fingerprint density at radius 1 is 1.16 bits per heavy atom. The first-order valence-corrected chi connectivity index (χ1v) is 8.53. The average Bonchev–Trinajstić information content (AvgIpc) is 2.62. The van der Waals surface area contributed by atoms with Gasteiger partial charge in [0, 0.05) is 16.7 Å². The van der Waals surface area contributed by atoms with E-state index in [1.165, 1.54) is 28.7 Å². The SMILES string of the molecule is O=C(c1ccc(Cl)cc1[N+](=O)[O-])N1CC[NH+](Cc2ccccc2)CC1. The first-order chi connectivity index (χ1) is 12.0. The molecule has 0 saturated carbocycles. The second kappa shape index (κ2) is 7.63. The van der Waals surface area contributed by atoms with Crippen LogP contribution in [0.2, 0.25) is 5.02 Å². The van der Waals surface area contributed by atoms with Gasteiger partial charge in [0.15, 0.2) is 0 Å². The minimum Gasteiger partial charge on any atom is -0.328 e. The number of benzene rings is 2. The molecule has 0 atom stereocenters. The van der Waals surface area contributed by atoms with Gasteiger partial charge in [-0.25, -0.2) is 0 Å². The van der Waals surface area contributed by atoms with Crippen molar-refractivity contribution in [3.8, 4) is 0 Å². The summed E-state index contributed by atoms with van der Waals surface area (Å²) in [5, 5.41) is 11.4. The molecule has 1 aliphatic heterocycles. The molecule has 25 heavy (non-hydrogen) atoms. The van der Waals surface area contributed by atoms with E-state index in [0.717, 1.165) is 19.6 Å². The smallest absolute Gasteiger partial charge is 0.283 e. The molecule has 0 unspecified atom stereocenters. The minimum atomic E-state index is -0.560. The van der Waals surface area contributed by atoms with E-state index in [1.807, 2.05) is 18.2 Å². The number of carbonyl (C=O) groups excluding carboxylic acids is 1. The lowest BCUT2D eigenvalue weighted by atomic mass is 10.1. The third kappa shape index (κ3) is 4.15. The predicted molar refractivity (Wildman–Crippen MR) is 94.9 cm³/mol. The van der Waals surface area contributed by atoms with Gasteiger partial charge in [-0.1, -0.05) is 41.9 Å². The summed E-state index contributed by atoms with van der Waals surface area (Å²) >= 11 is 5.81. The molecule has 0 aromatic heterocycles. The Morgan fingerprint density at radius 3 is 2.48 bits per heavy atom. The lowest BCUT2D eigenvalue weighted by Gasteiger charge is -2.32. The maximum absolute atomic E-state index is 12.7. The number of hydrogen-bond donors (Lipinski definition) is 1. The quantitative estimate of drug-likeness (QED) is 0.667. The van der Waals surface area contributed by atoms with Crippen LogP contribution in [-0.4, -0.2) is 41.9 Å². The molecule has 0 spiro atoms. The standard InChI is InChI=1S/C18H18ClN3O3/c19-15-6-7-16(17(12-15)22(24)25)18(23)21-10-8-20(9-11-21)13-14-4-2-1-3-5-14/h1-7,12H,8-11,13H2/p+1. The molecule has 2 aromatic rings. The summed E-state index contributed by atoms with van der Waals surface area (Å²) in [7, 11) is 0. The van der Waals surface area contributed by atoms with Crippen molar-refractivity contribution >= 4 is 23.2 Å². The molecule has 1 saturated heterocycles. The third-order valence-corrected chi connectivity index (χ3v) is 4.68. The van der Waals surface area contributed by atoms with Crippen molar-refractivity contribution in [2.45, 2.75) is 6.54 Å². The van der Waals surface area contributed by atoms with E-state index in [1.54, 1.807) is 4.90 Å². The molecule has 1 fully saturated rings. The molecular formula is C18H19ClN3O3+. The predicted octanol–water partition coefficient (Wildman–Crippen LogP) is 1.79. The Balaban J connectivity index is 1.65. The molecule has 1 amide bonds. The van der Waals surface area contributed by atoms with Crippen LogP contribution in [0.4, 0.5) is 5.69 Å². The zero-order valence-corrected chi connectivity index (χ0v) is 14.4. The largest absolute Gasteiger partial charge is 0.328 e. The first kappa shape index (κ1) is 17.4. The van der Waals surface area contributed by atoms with Crippen molar-refractivity contribution in [3.05, 3.63) is 74.8 Å². The van der Waals surface area contributed by atoms with E-state index in [4.69, 9.17) is 11.6 Å². The summed E-state index contributed by atoms with van der Waals surface area (Å²) in [6.07, 6.45) is 0. The summed E-state index contributed by atoms with van der Waals surface area (Å²) < 4.78 is 0. The van der Waals surface area contributed by atoms with Gasteiger partial charge in [-0.3, -0.25) is 14.9 Å². The van der Waals surface area contributed by atoms with Gasteiger partial charge in [-0.05, 0) is 12.1 Å². The Bertz CT molecular complexity index is 774. The molecule has 0 aliphatic carbocycles. The Morgan fingerprint density at radius 2 is 1.84 bits per heavy atom. The van der Waals surface area contributed by atoms with Crippen molar-refractivity contribution < 1.29 is 14.6 Å². The summed E-state index contributed by atoms with van der Waals surface area (Å²) in [6.45, 7) is 3.73. The number of nitro benzene ring substituents is 1. The number of nitro groups is 1. The molecule has 130 valence electrons. The molecule has 0 radical (unpaired) electrons. The van der Waals surface area contributed by atoms with Crippen LogP contribution < -0.4 is 4.90 Å². The summed E-state index contributed by atoms with van der Waals surface area (Å²) in [5.41, 5.74) is 1.13. The highest BCUT2D eigenvalue weighted by atomic mass is 35.5. The Hall–Kier alpha value is -2.44. The van der Waals surface area contributed by atoms with Crippen molar-refractivity contribution in [3.63, 3.8) is 0 Å². The first-order valence-electron chi connectivity index (χ1n) is 8.15. The van der Waals surface area contributed by atoms with Crippen LogP contribution in [0.3, 0.4) is 0 Å². The van der Waals surface area contributed by atoms with Gasteiger partial charge in [0.2, 0.25) is 0 Å². The minimum absolute atomic E-state index is 0.0981. The zero-order chi connectivity index (χ0) is 17.8. The number of hydrogen-bond acceptors (Lipinski definition) is 3. The summed E-state index contributed by atoms with van der Waals surface area (Å²) in [4.78, 5) is 26.4. The van der Waals surface area contributed by atoms with Crippen LogP contribution in [0.1, 0.15) is 15.9 Å². The number of carbonyl (C=O) groups is 1. The number of nitrogens with one attached hydrogen (secondary N) is 1. The normalized spacial score (nSPS) is 15.2. The van der Waals surface area contributed by atoms with Crippen LogP contribution in [-0.2, 0) is 6.54 Å². The fourth-order valence-electron chi connectivity index (χ4n) is 3.09. The van der Waals surface area contributed by atoms with Crippen LogP contribution in [0, 0.1) is 10.1 Å². The number of piperazine rings is 1. The second-order valence-electron chi connectivity index (χ2n) is 6.12. The number of halogens is 1. The number of nitrogens with zero attached hydrogens (tertiary/aromatic N) is 2. The lowest BCUT2D eigenvalue weighted by molar-refractivity contribution is -0.917. The molecule has 2 aromatic carbocycles. The zero-order valence-electron chi connectivity index (χ0n) is 13.7. The number of rotatable bonds is 4. The molecule has 6 nitrogen and oxygen atoms in total. The average molecular weight is 361 g/mol.